The summed E-state index contributed by atoms with van der Waals surface area (Å²) in [6.07, 6.45) is 0. The van der Waals surface area contributed by atoms with Crippen molar-refractivity contribution in [3.63, 3.8) is 0 Å². The van der Waals surface area contributed by atoms with Gasteiger partial charge in [0, 0.05) is 56.0 Å². The van der Waals surface area contributed by atoms with Crippen LogP contribution < -0.4 is 9.64 Å². The highest BCUT2D eigenvalue weighted by molar-refractivity contribution is 5.95. The zero-order valence-corrected chi connectivity index (χ0v) is 16.0. The molecule has 0 bridgehead atoms. The molecule has 1 aliphatic rings. The second-order valence-electron chi connectivity index (χ2n) is 6.70. The van der Waals surface area contributed by atoms with Gasteiger partial charge in [-0.25, -0.2) is 0 Å². The van der Waals surface area contributed by atoms with E-state index in [1.807, 2.05) is 47.4 Å². The Bertz CT molecular complexity index is 977. The smallest absolute Gasteiger partial charge is 0.253 e. The van der Waals surface area contributed by atoms with E-state index in [2.05, 4.69) is 21.1 Å². The number of benzene rings is 2. The third-order valence-corrected chi connectivity index (χ3v) is 4.88. The van der Waals surface area contributed by atoms with E-state index in [4.69, 9.17) is 9.26 Å². The average Bonchev–Trinajstić information content (AvgIpc) is 3.20. The second-order valence-corrected chi connectivity index (χ2v) is 6.70. The van der Waals surface area contributed by atoms with Crippen LogP contribution in [0, 0.1) is 6.92 Å². The average molecular weight is 378 g/mol. The fourth-order valence-electron chi connectivity index (χ4n) is 3.37. The van der Waals surface area contributed by atoms with Gasteiger partial charge in [0.05, 0.1) is 7.11 Å². The van der Waals surface area contributed by atoms with Crippen LogP contribution in [0.1, 0.15) is 16.2 Å². The van der Waals surface area contributed by atoms with Gasteiger partial charge >= 0.3 is 0 Å². The summed E-state index contributed by atoms with van der Waals surface area (Å²) in [5.41, 5.74) is 2.52. The number of hydrogen-bond acceptors (Lipinski definition) is 6. The maximum Gasteiger partial charge on any atom is 0.253 e. The number of amides is 1. The Hall–Kier alpha value is -3.35. The summed E-state index contributed by atoms with van der Waals surface area (Å²) in [4.78, 5) is 21.3. The largest absolute Gasteiger partial charge is 0.497 e. The number of anilines is 1. The maximum atomic E-state index is 13.0. The Kier molecular flexibility index (Phi) is 4.97. The van der Waals surface area contributed by atoms with Crippen LogP contribution >= 0.6 is 0 Å². The van der Waals surface area contributed by atoms with Crippen LogP contribution in [0.4, 0.5) is 5.69 Å². The molecule has 0 atom stereocenters. The SMILES string of the molecule is COc1cccc(N2CCN(C(=O)c3cccc(-c4noc(C)n4)c3)CC2)c1. The molecule has 2 aromatic carbocycles. The number of ether oxygens (including phenoxy) is 1. The molecule has 2 heterocycles. The topological polar surface area (TPSA) is 71.7 Å². The van der Waals surface area contributed by atoms with E-state index in [0.717, 1.165) is 30.1 Å². The number of carbonyl (C=O) groups is 1. The number of piperazine rings is 1. The predicted octanol–water partition coefficient (Wildman–Crippen LogP) is 3.02. The minimum atomic E-state index is 0.0207. The van der Waals surface area contributed by atoms with E-state index in [1.54, 1.807) is 14.0 Å². The highest BCUT2D eigenvalue weighted by Gasteiger charge is 2.23. The van der Waals surface area contributed by atoms with Gasteiger partial charge in [-0.1, -0.05) is 23.4 Å². The summed E-state index contributed by atoms with van der Waals surface area (Å²) in [6, 6.07) is 15.4. The van der Waals surface area contributed by atoms with Gasteiger partial charge in [0.15, 0.2) is 0 Å². The van der Waals surface area contributed by atoms with E-state index in [0.29, 0.717) is 30.4 Å². The molecule has 0 radical (unpaired) electrons. The molecule has 0 saturated carbocycles. The molecule has 4 rings (SSSR count). The quantitative estimate of drug-likeness (QED) is 0.695. The Morgan fingerprint density at radius 1 is 1.07 bits per heavy atom. The van der Waals surface area contributed by atoms with Gasteiger partial charge in [-0.05, 0) is 24.3 Å². The Labute approximate surface area is 163 Å². The molecule has 1 aromatic heterocycles. The van der Waals surface area contributed by atoms with Crippen molar-refractivity contribution < 1.29 is 14.1 Å². The van der Waals surface area contributed by atoms with Crippen LogP contribution in [0.3, 0.4) is 0 Å². The Balaban J connectivity index is 1.44. The van der Waals surface area contributed by atoms with Gasteiger partial charge in [-0.15, -0.1) is 0 Å². The van der Waals surface area contributed by atoms with Crippen molar-refractivity contribution in [1.29, 1.82) is 0 Å². The lowest BCUT2D eigenvalue weighted by atomic mass is 10.1. The molecule has 144 valence electrons. The van der Waals surface area contributed by atoms with Crippen molar-refractivity contribution >= 4 is 11.6 Å². The first-order valence-electron chi connectivity index (χ1n) is 9.23. The minimum absolute atomic E-state index is 0.0207. The van der Waals surface area contributed by atoms with Crippen molar-refractivity contribution in [3.05, 3.63) is 60.0 Å². The normalized spacial score (nSPS) is 14.2. The zero-order valence-electron chi connectivity index (χ0n) is 16.0. The van der Waals surface area contributed by atoms with Crippen LogP contribution in [0.15, 0.2) is 53.1 Å². The van der Waals surface area contributed by atoms with Crippen LogP contribution in [0.5, 0.6) is 5.75 Å². The summed E-state index contributed by atoms with van der Waals surface area (Å²) in [6.45, 7) is 4.64. The van der Waals surface area contributed by atoms with Crippen molar-refractivity contribution in [1.82, 2.24) is 15.0 Å². The van der Waals surface area contributed by atoms with E-state index in [9.17, 15) is 4.79 Å². The van der Waals surface area contributed by atoms with E-state index < -0.39 is 0 Å². The third-order valence-electron chi connectivity index (χ3n) is 4.88. The van der Waals surface area contributed by atoms with Gasteiger partial charge in [-0.2, -0.15) is 4.98 Å². The van der Waals surface area contributed by atoms with E-state index >= 15 is 0 Å². The minimum Gasteiger partial charge on any atom is -0.497 e. The second kappa shape index (κ2) is 7.72. The number of hydrogen-bond donors (Lipinski definition) is 0. The maximum absolute atomic E-state index is 13.0. The van der Waals surface area contributed by atoms with E-state index in [-0.39, 0.29) is 5.91 Å². The number of methoxy groups -OCH3 is 1. The zero-order chi connectivity index (χ0) is 19.5. The summed E-state index contributed by atoms with van der Waals surface area (Å²) < 4.78 is 10.3. The fraction of sp³-hybridized carbons (Fsp3) is 0.286. The van der Waals surface area contributed by atoms with Crippen molar-refractivity contribution in [2.75, 3.05) is 38.2 Å². The predicted molar refractivity (Wildman–Crippen MR) is 106 cm³/mol. The number of carbonyl (C=O) groups excluding carboxylic acids is 1. The number of aromatic nitrogens is 2. The summed E-state index contributed by atoms with van der Waals surface area (Å²) in [5, 5.41) is 3.93. The Morgan fingerprint density at radius 3 is 2.57 bits per heavy atom. The monoisotopic (exact) mass is 378 g/mol. The molecule has 1 fully saturated rings. The molecular weight excluding hydrogens is 356 g/mol. The Morgan fingerprint density at radius 2 is 1.86 bits per heavy atom. The summed E-state index contributed by atoms with van der Waals surface area (Å²) >= 11 is 0. The summed E-state index contributed by atoms with van der Waals surface area (Å²) in [5.74, 6) is 1.85. The van der Waals surface area contributed by atoms with Crippen LogP contribution in [0.25, 0.3) is 11.4 Å². The lowest BCUT2D eigenvalue weighted by Crippen LogP contribution is -2.48. The molecule has 3 aromatic rings. The van der Waals surface area contributed by atoms with Crippen LogP contribution in [0.2, 0.25) is 0 Å². The third kappa shape index (κ3) is 3.69. The first-order valence-corrected chi connectivity index (χ1v) is 9.23. The van der Waals surface area contributed by atoms with Crippen molar-refractivity contribution in [3.8, 4) is 17.1 Å². The lowest BCUT2D eigenvalue weighted by molar-refractivity contribution is 0.0747. The summed E-state index contributed by atoms with van der Waals surface area (Å²) in [7, 11) is 1.67. The van der Waals surface area contributed by atoms with Gasteiger partial charge in [0.2, 0.25) is 11.7 Å². The molecule has 28 heavy (non-hydrogen) atoms. The molecule has 0 aliphatic carbocycles. The first-order chi connectivity index (χ1) is 13.6. The first kappa shape index (κ1) is 18.0. The van der Waals surface area contributed by atoms with Crippen LogP contribution in [-0.2, 0) is 0 Å². The van der Waals surface area contributed by atoms with Gasteiger partial charge in [0.1, 0.15) is 5.75 Å². The van der Waals surface area contributed by atoms with Gasteiger partial charge in [-0.3, -0.25) is 4.79 Å². The molecule has 1 aliphatic heterocycles. The molecule has 7 nitrogen and oxygen atoms in total. The van der Waals surface area contributed by atoms with E-state index in [1.165, 1.54) is 0 Å². The van der Waals surface area contributed by atoms with Crippen molar-refractivity contribution in [2.24, 2.45) is 0 Å². The highest BCUT2D eigenvalue weighted by Crippen LogP contribution is 2.23. The fourth-order valence-corrected chi connectivity index (χ4v) is 3.37. The standard InChI is InChI=1S/C21H22N4O3/c1-15-22-20(23-28-15)16-5-3-6-17(13-16)21(26)25-11-9-24(10-12-25)18-7-4-8-19(14-18)27-2/h3-8,13-14H,9-12H2,1-2H3. The number of aryl methyl sites for hydroxylation is 1. The molecule has 7 heteroatoms. The molecule has 1 saturated heterocycles. The molecule has 0 spiro atoms. The van der Waals surface area contributed by atoms with Gasteiger partial charge < -0.3 is 19.1 Å². The lowest BCUT2D eigenvalue weighted by Gasteiger charge is -2.36. The van der Waals surface area contributed by atoms with Crippen molar-refractivity contribution in [2.45, 2.75) is 6.92 Å². The number of rotatable bonds is 4. The van der Waals surface area contributed by atoms with Gasteiger partial charge in [0.25, 0.3) is 5.91 Å². The molecule has 1 amide bonds. The molecule has 0 N–H and O–H groups in total. The molecular formula is C21H22N4O3. The number of nitrogens with zero attached hydrogens (tertiary/aromatic N) is 4. The highest BCUT2D eigenvalue weighted by atomic mass is 16.5. The molecule has 0 unspecified atom stereocenters. The van der Waals surface area contributed by atoms with Crippen LogP contribution in [-0.4, -0.2) is 54.2 Å².